The van der Waals surface area contributed by atoms with Crippen LogP contribution in [-0.4, -0.2) is 54.6 Å². The quantitative estimate of drug-likeness (QED) is 0.407. The summed E-state index contributed by atoms with van der Waals surface area (Å²) in [5, 5.41) is 3.82. The van der Waals surface area contributed by atoms with Gasteiger partial charge in [-0.3, -0.25) is 19.0 Å². The highest BCUT2D eigenvalue weighted by Crippen LogP contribution is 2.26. The number of alkyl halides is 1. The summed E-state index contributed by atoms with van der Waals surface area (Å²) < 4.78 is 17.0. The van der Waals surface area contributed by atoms with Crippen LogP contribution in [0.4, 0.5) is 4.39 Å². The van der Waals surface area contributed by atoms with E-state index in [-0.39, 0.29) is 37.4 Å². The maximum atomic E-state index is 14.0. The van der Waals surface area contributed by atoms with E-state index in [4.69, 9.17) is 11.6 Å². The summed E-state index contributed by atoms with van der Waals surface area (Å²) in [7, 11) is 1.88. The molecule has 4 aromatic rings. The number of nitrogens with zero attached hydrogens (tertiary/aromatic N) is 5. The molecule has 0 atom stereocenters. The van der Waals surface area contributed by atoms with E-state index in [1.54, 1.807) is 36.5 Å². The van der Waals surface area contributed by atoms with Gasteiger partial charge in [0.1, 0.15) is 29.2 Å². The summed E-state index contributed by atoms with van der Waals surface area (Å²) in [5.74, 6) is -0.201. The Morgan fingerprint density at radius 1 is 1.18 bits per heavy atom. The first kappa shape index (κ1) is 25.6. The third kappa shape index (κ3) is 5.04. The predicted molar refractivity (Wildman–Crippen MR) is 142 cm³/mol. The van der Waals surface area contributed by atoms with Crippen molar-refractivity contribution in [2.24, 2.45) is 7.05 Å². The van der Waals surface area contributed by atoms with Gasteiger partial charge in [0, 0.05) is 42.0 Å². The highest BCUT2D eigenvalue weighted by molar-refractivity contribution is 6.30. The van der Waals surface area contributed by atoms with Gasteiger partial charge in [-0.1, -0.05) is 23.7 Å². The molecule has 1 aliphatic rings. The van der Waals surface area contributed by atoms with E-state index in [0.29, 0.717) is 21.7 Å². The monoisotopic (exact) mass is 536 g/mol. The van der Waals surface area contributed by atoms with E-state index in [0.717, 1.165) is 11.4 Å². The first-order valence-corrected chi connectivity index (χ1v) is 12.4. The van der Waals surface area contributed by atoms with Crippen LogP contribution in [0.5, 0.6) is 0 Å². The molecule has 1 fully saturated rings. The molecule has 5 rings (SSSR count). The number of fused-ring (bicyclic) bond motifs is 1. The molecule has 9 nitrogen and oxygen atoms in total. The number of imidazole rings is 1. The summed E-state index contributed by atoms with van der Waals surface area (Å²) in [6.07, 6.45) is 3.43. The Labute approximate surface area is 222 Å². The van der Waals surface area contributed by atoms with Gasteiger partial charge in [0.25, 0.3) is 11.5 Å². The van der Waals surface area contributed by atoms with Crippen LogP contribution in [0.15, 0.2) is 53.6 Å². The Morgan fingerprint density at radius 3 is 2.53 bits per heavy atom. The van der Waals surface area contributed by atoms with E-state index in [2.05, 4.69) is 15.3 Å². The Balaban J connectivity index is 1.52. The second-order valence-corrected chi connectivity index (χ2v) is 10.3. The van der Waals surface area contributed by atoms with Crippen molar-refractivity contribution in [1.82, 2.24) is 29.3 Å². The lowest BCUT2D eigenvalue weighted by Gasteiger charge is -2.42. The largest absolute Gasteiger partial charge is 0.348 e. The second kappa shape index (κ2) is 9.68. The lowest BCUT2D eigenvalue weighted by Crippen LogP contribution is -2.60. The Hall–Kier alpha value is -4.05. The van der Waals surface area contributed by atoms with Gasteiger partial charge < -0.3 is 14.8 Å². The Kier molecular flexibility index (Phi) is 6.52. The molecule has 1 aromatic carbocycles. The predicted octanol–water partition coefficient (Wildman–Crippen LogP) is 3.26. The SMILES string of the molecule is Cc1nc(-c2cnc3c(c2)cc(C(=O)NCc2ccc(Cl)cc2)c(=O)n3CC(=O)N2CC(C)(F)C2)cn1C. The number of likely N-dealkylation sites (tertiary alicyclic amines) is 1. The molecule has 0 radical (unpaired) electrons. The van der Waals surface area contributed by atoms with Gasteiger partial charge in [0.2, 0.25) is 5.91 Å². The number of benzene rings is 1. The van der Waals surface area contributed by atoms with Crippen molar-refractivity contribution < 1.29 is 14.0 Å². The highest BCUT2D eigenvalue weighted by atomic mass is 35.5. The van der Waals surface area contributed by atoms with Crippen LogP contribution in [0.2, 0.25) is 5.02 Å². The van der Waals surface area contributed by atoms with Crippen LogP contribution in [0, 0.1) is 6.92 Å². The molecule has 0 spiro atoms. The third-order valence-electron chi connectivity index (χ3n) is 6.63. The Morgan fingerprint density at radius 2 is 1.89 bits per heavy atom. The van der Waals surface area contributed by atoms with Gasteiger partial charge in [-0.25, -0.2) is 14.4 Å². The number of nitrogens with one attached hydrogen (secondary N) is 1. The lowest BCUT2D eigenvalue weighted by molar-refractivity contribution is -0.144. The van der Waals surface area contributed by atoms with Crippen molar-refractivity contribution in [3.8, 4) is 11.3 Å². The van der Waals surface area contributed by atoms with E-state index in [1.807, 2.05) is 24.7 Å². The standard InChI is InChI=1S/C27H26ClFN6O3/c1-16-32-22(12-33(16)3)19-8-18-9-21(25(37)31-10-17-4-6-20(28)7-5-17)26(38)35(24(18)30-11-19)13-23(36)34-14-27(2,29)15-34/h4-9,11-12H,10,13-15H2,1-3H3,(H,31,37). The molecule has 3 aromatic heterocycles. The normalized spacial score (nSPS) is 14.4. The number of halogens is 2. The minimum Gasteiger partial charge on any atom is -0.348 e. The summed E-state index contributed by atoms with van der Waals surface area (Å²) in [5.41, 5.74) is 0.204. The molecule has 0 saturated carbocycles. The van der Waals surface area contributed by atoms with Crippen molar-refractivity contribution in [3.63, 3.8) is 0 Å². The third-order valence-corrected chi connectivity index (χ3v) is 6.88. The van der Waals surface area contributed by atoms with Gasteiger partial charge in [-0.2, -0.15) is 0 Å². The molecule has 0 bridgehead atoms. The number of aromatic nitrogens is 4. The number of rotatable bonds is 6. The fourth-order valence-electron chi connectivity index (χ4n) is 4.45. The van der Waals surface area contributed by atoms with Gasteiger partial charge in [-0.05, 0) is 43.7 Å². The number of hydrogen-bond donors (Lipinski definition) is 1. The van der Waals surface area contributed by atoms with Crippen LogP contribution >= 0.6 is 11.6 Å². The van der Waals surface area contributed by atoms with Crippen molar-refractivity contribution in [3.05, 3.63) is 81.1 Å². The highest BCUT2D eigenvalue weighted by Gasteiger charge is 2.41. The fourth-order valence-corrected chi connectivity index (χ4v) is 4.58. The van der Waals surface area contributed by atoms with Gasteiger partial charge in [-0.15, -0.1) is 0 Å². The number of carbonyl (C=O) groups is 2. The molecular weight excluding hydrogens is 511 g/mol. The van der Waals surface area contributed by atoms with Crippen LogP contribution in [0.1, 0.15) is 28.7 Å². The van der Waals surface area contributed by atoms with Crippen LogP contribution < -0.4 is 10.9 Å². The molecule has 0 unspecified atom stereocenters. The maximum absolute atomic E-state index is 14.0. The topological polar surface area (TPSA) is 102 Å². The van der Waals surface area contributed by atoms with E-state index < -0.39 is 23.0 Å². The van der Waals surface area contributed by atoms with Crippen molar-refractivity contribution in [2.75, 3.05) is 13.1 Å². The molecule has 11 heteroatoms. The average molecular weight is 537 g/mol. The smallest absolute Gasteiger partial charge is 0.265 e. The number of carbonyl (C=O) groups excluding carboxylic acids is 2. The molecular formula is C27H26ClFN6O3. The summed E-state index contributed by atoms with van der Waals surface area (Å²) >= 11 is 5.93. The molecule has 2 amide bonds. The zero-order valence-corrected chi connectivity index (χ0v) is 21.9. The van der Waals surface area contributed by atoms with E-state index >= 15 is 0 Å². The molecule has 4 heterocycles. The van der Waals surface area contributed by atoms with Crippen LogP contribution in [0.3, 0.4) is 0 Å². The summed E-state index contributed by atoms with van der Waals surface area (Å²) in [6, 6.07) is 10.2. The van der Waals surface area contributed by atoms with Crippen molar-refractivity contribution in [1.29, 1.82) is 0 Å². The zero-order valence-electron chi connectivity index (χ0n) is 21.2. The number of pyridine rings is 2. The first-order chi connectivity index (χ1) is 18.0. The van der Waals surface area contributed by atoms with Crippen LogP contribution in [-0.2, 0) is 24.9 Å². The van der Waals surface area contributed by atoms with Gasteiger partial charge >= 0.3 is 0 Å². The van der Waals surface area contributed by atoms with Gasteiger partial charge in [0.05, 0.1) is 18.8 Å². The van der Waals surface area contributed by atoms with E-state index in [1.165, 1.54) is 22.5 Å². The van der Waals surface area contributed by atoms with Crippen molar-refractivity contribution in [2.45, 2.75) is 32.6 Å². The Bertz CT molecular complexity index is 1600. The lowest BCUT2D eigenvalue weighted by atomic mass is 9.99. The van der Waals surface area contributed by atoms with Gasteiger partial charge in [0.15, 0.2) is 0 Å². The summed E-state index contributed by atoms with van der Waals surface area (Å²) in [6.45, 7) is 3.03. The second-order valence-electron chi connectivity index (χ2n) is 9.84. The minimum absolute atomic E-state index is 0.0452. The minimum atomic E-state index is -1.44. The number of amides is 2. The molecule has 38 heavy (non-hydrogen) atoms. The fraction of sp³-hybridized carbons (Fsp3) is 0.296. The maximum Gasteiger partial charge on any atom is 0.265 e. The molecule has 1 N–H and O–H groups in total. The summed E-state index contributed by atoms with van der Waals surface area (Å²) in [4.78, 5) is 49.8. The molecule has 0 aliphatic carbocycles. The van der Waals surface area contributed by atoms with Crippen LogP contribution in [0.25, 0.3) is 22.3 Å². The average Bonchev–Trinajstić information content (AvgIpc) is 3.21. The molecule has 1 saturated heterocycles. The number of hydrogen-bond acceptors (Lipinski definition) is 5. The number of aryl methyl sites for hydroxylation is 2. The molecule has 1 aliphatic heterocycles. The first-order valence-electron chi connectivity index (χ1n) is 12.0. The van der Waals surface area contributed by atoms with E-state index in [9.17, 15) is 18.8 Å². The zero-order chi connectivity index (χ0) is 27.2. The molecule has 196 valence electrons. The van der Waals surface area contributed by atoms with Crippen molar-refractivity contribution >= 4 is 34.4 Å².